The molecule has 0 bridgehead atoms. The molecule has 11 nitrogen and oxygen atoms in total. The van der Waals surface area contributed by atoms with Crippen LogP contribution < -0.4 is 26.9 Å². The van der Waals surface area contributed by atoms with E-state index in [0.717, 1.165) is 11.8 Å². The molecule has 3 heterocycles. The number of rotatable bonds is 5. The summed E-state index contributed by atoms with van der Waals surface area (Å²) < 4.78 is 16.0. The number of hydrogen-bond donors (Lipinski definition) is 3. The topological polar surface area (TPSA) is 152 Å². The Balaban J connectivity index is 1.52. The van der Waals surface area contributed by atoms with Gasteiger partial charge in [-0.3, -0.25) is 9.59 Å². The molecule has 0 radical (unpaired) electrons. The summed E-state index contributed by atoms with van der Waals surface area (Å²) >= 11 is 0. The molecule has 1 aliphatic heterocycles. The van der Waals surface area contributed by atoms with Crippen LogP contribution in [0.3, 0.4) is 0 Å². The lowest BCUT2D eigenvalue weighted by molar-refractivity contribution is -0.126. The Morgan fingerprint density at radius 1 is 1.12 bits per heavy atom. The van der Waals surface area contributed by atoms with Crippen molar-refractivity contribution < 1.29 is 14.0 Å². The fraction of sp³-hybridized carbons (Fsp3) is 0.190. The zero-order valence-corrected chi connectivity index (χ0v) is 17.6. The Morgan fingerprint density at radius 2 is 1.82 bits per heavy atom. The van der Waals surface area contributed by atoms with Gasteiger partial charge in [0.1, 0.15) is 11.6 Å². The maximum Gasteiger partial charge on any atom is 0.295 e. The smallest absolute Gasteiger partial charge is 0.295 e. The Kier molecular flexibility index (Phi) is 5.89. The molecule has 3 aromatic rings. The van der Waals surface area contributed by atoms with Gasteiger partial charge >= 0.3 is 0 Å². The molecule has 0 aliphatic carbocycles. The van der Waals surface area contributed by atoms with E-state index in [9.17, 15) is 14.0 Å². The van der Waals surface area contributed by atoms with Crippen molar-refractivity contribution in [2.45, 2.75) is 0 Å². The van der Waals surface area contributed by atoms with Crippen molar-refractivity contribution in [3.8, 4) is 5.69 Å². The fourth-order valence-corrected chi connectivity index (χ4v) is 3.66. The molecule has 170 valence electrons. The van der Waals surface area contributed by atoms with Gasteiger partial charge in [0.05, 0.1) is 21.8 Å². The van der Waals surface area contributed by atoms with E-state index < -0.39 is 17.5 Å². The molecule has 0 spiro atoms. The van der Waals surface area contributed by atoms with Gasteiger partial charge in [0.15, 0.2) is 0 Å². The maximum absolute atomic E-state index is 14.4. The van der Waals surface area contributed by atoms with E-state index in [1.54, 1.807) is 4.68 Å². The monoisotopic (exact) mass is 451 g/mol. The molecule has 2 aromatic heterocycles. The van der Waals surface area contributed by atoms with E-state index in [2.05, 4.69) is 27.1 Å². The van der Waals surface area contributed by atoms with E-state index in [1.807, 2.05) is 35.2 Å². The first-order chi connectivity index (χ1) is 15.9. The second-order valence-electron chi connectivity index (χ2n) is 7.29. The fourth-order valence-electron chi connectivity index (χ4n) is 3.66. The molecule has 0 saturated carbocycles. The number of benzene rings is 1. The molecule has 1 aliphatic rings. The van der Waals surface area contributed by atoms with E-state index in [1.165, 1.54) is 11.1 Å². The number of halogens is 1. The summed E-state index contributed by atoms with van der Waals surface area (Å²) in [7, 11) is 0. The number of nitrogens with two attached hydrogens (primary N) is 2. The van der Waals surface area contributed by atoms with Gasteiger partial charge in [0, 0.05) is 32.4 Å². The number of amides is 1. The summed E-state index contributed by atoms with van der Waals surface area (Å²) in [5, 5.41) is 11.8. The van der Waals surface area contributed by atoms with Crippen LogP contribution in [0.1, 0.15) is 10.4 Å². The second-order valence-corrected chi connectivity index (χ2v) is 7.29. The second kappa shape index (κ2) is 8.94. The molecule has 12 heteroatoms. The molecule has 0 unspecified atom stereocenters. The Hall–Kier alpha value is -4.48. The van der Waals surface area contributed by atoms with Gasteiger partial charge in [-0.15, -0.1) is 0 Å². The average molecular weight is 451 g/mol. The van der Waals surface area contributed by atoms with Crippen LogP contribution in [0.5, 0.6) is 0 Å². The normalized spacial score (nSPS) is 14.7. The first-order valence-corrected chi connectivity index (χ1v) is 10.1. The van der Waals surface area contributed by atoms with Gasteiger partial charge in [-0.05, 0) is 28.6 Å². The van der Waals surface area contributed by atoms with Gasteiger partial charge in [-0.1, -0.05) is 29.9 Å². The third kappa shape index (κ3) is 4.05. The number of nitrogens with zero attached hydrogens (tertiary/aromatic N) is 6. The van der Waals surface area contributed by atoms with Crippen LogP contribution in [0.2, 0.25) is 0 Å². The highest BCUT2D eigenvalue weighted by molar-refractivity contribution is 6.42. The first-order valence-electron chi connectivity index (χ1n) is 10.1. The first kappa shape index (κ1) is 21.7. The minimum absolute atomic E-state index is 0.0288. The highest BCUT2D eigenvalue weighted by atomic mass is 19.1. The summed E-state index contributed by atoms with van der Waals surface area (Å²) in [5.74, 6) is -2.11. The van der Waals surface area contributed by atoms with Crippen LogP contribution in [-0.2, 0) is 4.79 Å². The van der Waals surface area contributed by atoms with E-state index in [4.69, 9.17) is 11.5 Å². The van der Waals surface area contributed by atoms with Gasteiger partial charge < -0.3 is 26.3 Å². The standard InChI is InChI=1S/C21H22FN9O2/c1-2-15(22)16-14(12-25-17(16)19(23)24)18(32)20(33)29-8-10-30(11-9-29)21-26-27-28-31(21)13-6-4-3-5-7-13/h2-7,12,25H,1,8-11,23-24H2/b16-15+. The highest BCUT2D eigenvalue weighted by Gasteiger charge is 2.30. The van der Waals surface area contributed by atoms with Crippen molar-refractivity contribution >= 4 is 29.3 Å². The molecular formula is C21H22FN9O2. The number of piperazine rings is 1. The quantitative estimate of drug-likeness (QED) is 0.322. The van der Waals surface area contributed by atoms with Crippen LogP contribution >= 0.6 is 0 Å². The number of aromatic nitrogens is 5. The third-order valence-corrected chi connectivity index (χ3v) is 5.33. The maximum atomic E-state index is 14.4. The number of carbonyl (C=O) groups is 2. The number of para-hydroxylation sites is 1. The summed E-state index contributed by atoms with van der Waals surface area (Å²) in [6, 6.07) is 9.42. The molecule has 1 aromatic carbocycles. The Labute approximate surface area is 187 Å². The van der Waals surface area contributed by atoms with Crippen LogP contribution in [0.4, 0.5) is 10.3 Å². The lowest BCUT2D eigenvalue weighted by Crippen LogP contribution is -2.51. The molecule has 1 amide bonds. The van der Waals surface area contributed by atoms with Gasteiger partial charge in [-0.2, -0.15) is 4.68 Å². The third-order valence-electron chi connectivity index (χ3n) is 5.33. The number of allylic oxidation sites excluding steroid dienone is 1. The summed E-state index contributed by atoms with van der Waals surface area (Å²) in [6.45, 7) is 4.71. The summed E-state index contributed by atoms with van der Waals surface area (Å²) in [5.41, 5.74) is 11.8. The number of carbonyl (C=O) groups excluding carboxylic acids is 2. The Bertz CT molecular complexity index is 1320. The van der Waals surface area contributed by atoms with Crippen molar-refractivity contribution in [3.05, 3.63) is 65.3 Å². The molecule has 4 rings (SSSR count). The predicted octanol–water partition coefficient (Wildman–Crippen LogP) is -1.23. The number of Topliss-reactive ketones (excluding diaryl/α,β-unsaturated/α-hetero) is 1. The number of ketones is 1. The van der Waals surface area contributed by atoms with Gasteiger partial charge in [0.25, 0.3) is 11.7 Å². The number of aromatic amines is 1. The van der Waals surface area contributed by atoms with Gasteiger partial charge in [0.2, 0.25) is 5.95 Å². The van der Waals surface area contributed by atoms with E-state index in [-0.39, 0.29) is 35.0 Å². The number of hydrogen-bond acceptors (Lipinski definition) is 8. The summed E-state index contributed by atoms with van der Waals surface area (Å²) in [4.78, 5) is 31.8. The van der Waals surface area contributed by atoms with Crippen molar-refractivity contribution in [3.63, 3.8) is 0 Å². The number of nitrogens with one attached hydrogen (secondary N) is 1. The largest absolute Gasteiger partial charge is 0.384 e. The number of H-pyrrole nitrogens is 1. The van der Waals surface area contributed by atoms with Crippen LogP contribution in [0.25, 0.3) is 17.3 Å². The van der Waals surface area contributed by atoms with Crippen LogP contribution in [0.15, 0.2) is 49.2 Å². The van der Waals surface area contributed by atoms with Crippen molar-refractivity contribution in [2.24, 2.45) is 11.5 Å². The molecular weight excluding hydrogens is 429 g/mol. The zero-order chi connectivity index (χ0) is 23.5. The van der Waals surface area contributed by atoms with Crippen molar-refractivity contribution in [1.29, 1.82) is 0 Å². The molecule has 0 atom stereocenters. The summed E-state index contributed by atoms with van der Waals surface area (Å²) in [6.07, 6.45) is 2.14. The minimum atomic E-state index is -0.867. The predicted molar refractivity (Wildman–Crippen MR) is 119 cm³/mol. The van der Waals surface area contributed by atoms with Crippen LogP contribution in [0, 0.1) is 0 Å². The van der Waals surface area contributed by atoms with Crippen molar-refractivity contribution in [1.82, 2.24) is 30.1 Å². The minimum Gasteiger partial charge on any atom is -0.384 e. The average Bonchev–Trinajstić information content (AvgIpc) is 3.51. The van der Waals surface area contributed by atoms with Crippen LogP contribution in [-0.4, -0.2) is 68.0 Å². The zero-order valence-electron chi connectivity index (χ0n) is 17.6. The number of anilines is 1. The number of tetrazole rings is 1. The SMILES string of the molecule is C=C/C(F)=c1/c(C(=O)C(=O)N2CCN(c3nnnn3-c3ccccc3)CC2)c[nH]c1=C(N)N. The molecule has 1 saturated heterocycles. The molecule has 1 fully saturated rings. The molecule has 33 heavy (non-hydrogen) atoms. The Morgan fingerprint density at radius 3 is 2.45 bits per heavy atom. The van der Waals surface area contributed by atoms with Gasteiger partial charge in [-0.25, -0.2) is 4.39 Å². The van der Waals surface area contributed by atoms with E-state index in [0.29, 0.717) is 19.0 Å². The lowest BCUT2D eigenvalue weighted by Gasteiger charge is -2.34. The molecule has 5 N–H and O–H groups in total. The lowest BCUT2D eigenvalue weighted by atomic mass is 10.1. The van der Waals surface area contributed by atoms with E-state index >= 15 is 0 Å². The van der Waals surface area contributed by atoms with Crippen molar-refractivity contribution in [2.75, 3.05) is 31.1 Å². The highest BCUT2D eigenvalue weighted by Crippen LogP contribution is 2.17.